The number of nitrogens with zero attached hydrogens (tertiary/aromatic N) is 4. The Morgan fingerprint density at radius 3 is 2.79 bits per heavy atom. The van der Waals surface area contributed by atoms with Gasteiger partial charge in [0.25, 0.3) is 0 Å². The summed E-state index contributed by atoms with van der Waals surface area (Å²) in [6.45, 7) is 0.889. The van der Waals surface area contributed by atoms with E-state index < -0.39 is 10.0 Å². The van der Waals surface area contributed by atoms with Crippen LogP contribution in [0.5, 0.6) is 0 Å². The zero-order valence-electron chi connectivity index (χ0n) is 13.7. The van der Waals surface area contributed by atoms with Crippen LogP contribution in [0.15, 0.2) is 47.6 Å². The summed E-state index contributed by atoms with van der Waals surface area (Å²) in [5.41, 5.74) is 0.729. The molecule has 0 N–H and O–H groups in total. The standard InChI is InChI=1S/C16H20N4O3S/c1-19(2)16-7-3-6-14(18-16)15-12-20(9-10-23-15)24(21,22)13-5-4-8-17-11-13/h3-8,11,15H,9-10,12H2,1-2H3/t15-/m0/s1. The average molecular weight is 348 g/mol. The fourth-order valence-corrected chi connectivity index (χ4v) is 3.93. The van der Waals surface area contributed by atoms with Gasteiger partial charge < -0.3 is 9.64 Å². The first-order chi connectivity index (χ1) is 11.5. The molecule has 3 heterocycles. The number of aromatic nitrogens is 2. The minimum Gasteiger partial charge on any atom is -0.369 e. The highest BCUT2D eigenvalue weighted by Crippen LogP contribution is 2.26. The van der Waals surface area contributed by atoms with Gasteiger partial charge in [0, 0.05) is 39.6 Å². The van der Waals surface area contributed by atoms with Gasteiger partial charge in [-0.3, -0.25) is 4.98 Å². The molecule has 1 saturated heterocycles. The lowest BCUT2D eigenvalue weighted by Gasteiger charge is -2.32. The second-order valence-electron chi connectivity index (χ2n) is 5.73. The molecule has 1 aliphatic rings. The van der Waals surface area contributed by atoms with E-state index in [2.05, 4.69) is 9.97 Å². The van der Waals surface area contributed by atoms with Crippen molar-refractivity contribution in [2.45, 2.75) is 11.0 Å². The van der Waals surface area contributed by atoms with Crippen LogP contribution in [0, 0.1) is 0 Å². The van der Waals surface area contributed by atoms with Gasteiger partial charge in [0.1, 0.15) is 16.8 Å². The van der Waals surface area contributed by atoms with Crippen molar-refractivity contribution in [2.24, 2.45) is 0 Å². The van der Waals surface area contributed by atoms with Gasteiger partial charge in [-0.2, -0.15) is 4.31 Å². The highest BCUT2D eigenvalue weighted by Gasteiger charge is 2.32. The van der Waals surface area contributed by atoms with Crippen molar-refractivity contribution >= 4 is 15.8 Å². The molecule has 0 radical (unpaired) electrons. The maximum absolute atomic E-state index is 12.7. The van der Waals surface area contributed by atoms with Crippen LogP contribution < -0.4 is 4.90 Å². The van der Waals surface area contributed by atoms with Crippen LogP contribution in [0.3, 0.4) is 0 Å². The Hall–Kier alpha value is -2.03. The zero-order chi connectivity index (χ0) is 17.2. The number of anilines is 1. The highest BCUT2D eigenvalue weighted by molar-refractivity contribution is 7.89. The van der Waals surface area contributed by atoms with E-state index in [1.807, 2.05) is 37.2 Å². The molecule has 7 nitrogen and oxygen atoms in total. The van der Waals surface area contributed by atoms with Gasteiger partial charge in [0.15, 0.2) is 0 Å². The topological polar surface area (TPSA) is 75.6 Å². The molecule has 2 aromatic heterocycles. The van der Waals surface area contributed by atoms with Crippen LogP contribution in [-0.4, -0.2) is 56.5 Å². The van der Waals surface area contributed by atoms with Gasteiger partial charge in [-0.25, -0.2) is 13.4 Å². The third-order valence-corrected chi connectivity index (χ3v) is 5.69. The number of ether oxygens (including phenoxy) is 1. The van der Waals surface area contributed by atoms with Crippen molar-refractivity contribution < 1.29 is 13.2 Å². The lowest BCUT2D eigenvalue weighted by atomic mass is 10.2. The Labute approximate surface area is 142 Å². The zero-order valence-corrected chi connectivity index (χ0v) is 14.5. The molecule has 1 atom stereocenters. The molecule has 1 aliphatic heterocycles. The fraction of sp³-hybridized carbons (Fsp3) is 0.375. The van der Waals surface area contributed by atoms with Crippen molar-refractivity contribution in [3.05, 3.63) is 48.4 Å². The SMILES string of the molecule is CN(C)c1cccc([C@@H]2CN(S(=O)(=O)c3cccnc3)CCO2)n1. The number of sulfonamides is 1. The van der Waals surface area contributed by atoms with Crippen LogP contribution in [0.1, 0.15) is 11.8 Å². The summed E-state index contributed by atoms with van der Waals surface area (Å²) in [6.07, 6.45) is 2.53. The summed E-state index contributed by atoms with van der Waals surface area (Å²) < 4.78 is 32.7. The van der Waals surface area contributed by atoms with E-state index in [9.17, 15) is 8.42 Å². The van der Waals surface area contributed by atoms with Crippen LogP contribution in [-0.2, 0) is 14.8 Å². The van der Waals surface area contributed by atoms with Gasteiger partial charge in [0.05, 0.1) is 12.3 Å². The molecule has 3 rings (SSSR count). The number of morpholine rings is 1. The van der Waals surface area contributed by atoms with Gasteiger partial charge in [-0.1, -0.05) is 6.07 Å². The number of rotatable bonds is 4. The predicted octanol–water partition coefficient (Wildman–Crippen LogP) is 1.30. The van der Waals surface area contributed by atoms with E-state index in [4.69, 9.17) is 4.74 Å². The first-order valence-corrected chi connectivity index (χ1v) is 9.08. The van der Waals surface area contributed by atoms with Gasteiger partial charge in [-0.05, 0) is 24.3 Å². The summed E-state index contributed by atoms with van der Waals surface area (Å²) in [4.78, 5) is 10.5. The van der Waals surface area contributed by atoms with Gasteiger partial charge >= 0.3 is 0 Å². The first-order valence-electron chi connectivity index (χ1n) is 7.64. The number of hydrogen-bond donors (Lipinski definition) is 0. The smallest absolute Gasteiger partial charge is 0.244 e. The van der Waals surface area contributed by atoms with Crippen molar-refractivity contribution in [1.82, 2.24) is 14.3 Å². The molecular formula is C16H20N4O3S. The van der Waals surface area contributed by atoms with Crippen LogP contribution in [0.25, 0.3) is 0 Å². The van der Waals surface area contributed by atoms with Crippen molar-refractivity contribution in [2.75, 3.05) is 38.7 Å². The Kier molecular flexibility index (Phi) is 4.79. The summed E-state index contributed by atoms with van der Waals surface area (Å²) in [5, 5.41) is 0. The summed E-state index contributed by atoms with van der Waals surface area (Å²) in [7, 11) is 0.243. The quantitative estimate of drug-likeness (QED) is 0.829. The van der Waals surface area contributed by atoms with E-state index in [-0.39, 0.29) is 17.5 Å². The summed E-state index contributed by atoms with van der Waals surface area (Å²) >= 11 is 0. The summed E-state index contributed by atoms with van der Waals surface area (Å²) in [5.74, 6) is 0.809. The van der Waals surface area contributed by atoms with Crippen molar-refractivity contribution in [1.29, 1.82) is 0 Å². The largest absolute Gasteiger partial charge is 0.369 e. The first kappa shape index (κ1) is 16.8. The maximum atomic E-state index is 12.7. The number of pyridine rings is 2. The molecule has 1 fully saturated rings. The summed E-state index contributed by atoms with van der Waals surface area (Å²) in [6, 6.07) is 8.83. The lowest BCUT2D eigenvalue weighted by Crippen LogP contribution is -2.42. The minimum absolute atomic E-state index is 0.195. The lowest BCUT2D eigenvalue weighted by molar-refractivity contribution is -0.00488. The fourth-order valence-electron chi connectivity index (χ4n) is 2.54. The van der Waals surface area contributed by atoms with Crippen LogP contribution >= 0.6 is 0 Å². The molecule has 0 amide bonds. The Bertz CT molecular complexity index is 796. The Morgan fingerprint density at radius 1 is 1.25 bits per heavy atom. The van der Waals surface area contributed by atoms with E-state index in [0.717, 1.165) is 11.5 Å². The molecule has 0 bridgehead atoms. The second kappa shape index (κ2) is 6.84. The highest BCUT2D eigenvalue weighted by atomic mass is 32.2. The van der Waals surface area contributed by atoms with E-state index >= 15 is 0 Å². The molecule has 0 spiro atoms. The second-order valence-corrected chi connectivity index (χ2v) is 7.66. The third-order valence-electron chi connectivity index (χ3n) is 3.85. The molecule has 0 unspecified atom stereocenters. The molecule has 0 aromatic carbocycles. The Morgan fingerprint density at radius 2 is 2.08 bits per heavy atom. The molecule has 8 heteroatoms. The molecule has 0 saturated carbocycles. The molecule has 24 heavy (non-hydrogen) atoms. The molecule has 2 aromatic rings. The normalized spacial score (nSPS) is 19.2. The van der Waals surface area contributed by atoms with Gasteiger partial charge in [0.2, 0.25) is 10.0 Å². The average Bonchev–Trinajstić information content (AvgIpc) is 2.62. The maximum Gasteiger partial charge on any atom is 0.244 e. The monoisotopic (exact) mass is 348 g/mol. The van der Waals surface area contributed by atoms with Gasteiger partial charge in [-0.15, -0.1) is 0 Å². The van der Waals surface area contributed by atoms with Crippen LogP contribution in [0.4, 0.5) is 5.82 Å². The van der Waals surface area contributed by atoms with Crippen LogP contribution in [0.2, 0.25) is 0 Å². The van der Waals surface area contributed by atoms with E-state index in [1.54, 1.807) is 18.3 Å². The van der Waals surface area contributed by atoms with Crippen molar-refractivity contribution in [3.63, 3.8) is 0 Å². The predicted molar refractivity (Wildman–Crippen MR) is 90.3 cm³/mol. The molecular weight excluding hydrogens is 328 g/mol. The Balaban J connectivity index is 1.83. The van der Waals surface area contributed by atoms with E-state index in [1.165, 1.54) is 10.5 Å². The molecule has 128 valence electrons. The third kappa shape index (κ3) is 3.40. The van der Waals surface area contributed by atoms with Crippen molar-refractivity contribution in [3.8, 4) is 0 Å². The molecule has 0 aliphatic carbocycles. The minimum atomic E-state index is -3.58. The van der Waals surface area contributed by atoms with E-state index in [0.29, 0.717) is 13.2 Å². The number of hydrogen-bond acceptors (Lipinski definition) is 6.